The first-order valence-corrected chi connectivity index (χ1v) is 12.3. The van der Waals surface area contributed by atoms with E-state index in [0.29, 0.717) is 0 Å². The first-order chi connectivity index (χ1) is 18.3. The minimum Gasteiger partial charge on any atom is -0.305 e. The Labute approximate surface area is 238 Å². The Kier molecular flexibility index (Phi) is 9.48. The van der Waals surface area contributed by atoms with Gasteiger partial charge in [0.15, 0.2) is 0 Å². The normalized spacial score (nSPS) is 10.0. The average Bonchev–Trinajstić information content (AvgIpc) is 2.99. The molecule has 0 saturated heterocycles. The number of aromatic nitrogens is 2. The quantitative estimate of drug-likeness (QED) is 0.176. The molecule has 4 aromatic carbocycles. The topological polar surface area (TPSA) is 25.8 Å². The number of benzene rings is 4. The van der Waals surface area contributed by atoms with Crippen molar-refractivity contribution in [2.45, 2.75) is 6.92 Å². The van der Waals surface area contributed by atoms with E-state index in [1.54, 1.807) is 6.20 Å². The number of aryl methyl sites for hydroxylation is 1. The number of nitrogens with zero attached hydrogens (tertiary/aromatic N) is 2. The SMILES string of the molecule is Cc1cc(-c2ccccc2)ccc1-c1cc(-c2ccccc2)ccn1.[Ir].[c-]1ccccc1-c1ccccn1. The predicted molar refractivity (Wildman–Crippen MR) is 154 cm³/mol. The van der Waals surface area contributed by atoms with Crippen molar-refractivity contribution in [3.8, 4) is 44.8 Å². The number of hydrogen-bond donors (Lipinski definition) is 0. The van der Waals surface area contributed by atoms with Gasteiger partial charge >= 0.3 is 0 Å². The Morgan fingerprint density at radius 1 is 0.500 bits per heavy atom. The molecule has 0 amide bonds. The fourth-order valence-electron chi connectivity index (χ4n) is 4.22. The van der Waals surface area contributed by atoms with E-state index in [-0.39, 0.29) is 20.1 Å². The van der Waals surface area contributed by atoms with Crippen molar-refractivity contribution < 1.29 is 20.1 Å². The summed E-state index contributed by atoms with van der Waals surface area (Å²) in [5.41, 5.74) is 10.3. The molecular weight excluding hydrogens is 641 g/mol. The molecule has 2 nitrogen and oxygen atoms in total. The molecule has 0 fully saturated rings. The first kappa shape index (κ1) is 26.9. The molecular formula is C35H27IrN2-. The van der Waals surface area contributed by atoms with Crippen molar-refractivity contribution in [3.05, 3.63) is 157 Å². The van der Waals surface area contributed by atoms with Gasteiger partial charge in [0.05, 0.1) is 5.69 Å². The monoisotopic (exact) mass is 668 g/mol. The van der Waals surface area contributed by atoms with E-state index < -0.39 is 0 Å². The predicted octanol–water partition coefficient (Wildman–Crippen LogP) is 8.94. The average molecular weight is 668 g/mol. The minimum atomic E-state index is 0. The Balaban J connectivity index is 0.000000218. The van der Waals surface area contributed by atoms with Gasteiger partial charge in [-0.2, -0.15) is 0 Å². The second kappa shape index (κ2) is 13.4. The van der Waals surface area contributed by atoms with Crippen LogP contribution in [0.5, 0.6) is 0 Å². The van der Waals surface area contributed by atoms with Gasteiger partial charge in [-0.3, -0.25) is 4.98 Å². The smallest absolute Gasteiger partial charge is 0.0710 e. The molecule has 3 heteroatoms. The second-order valence-corrected chi connectivity index (χ2v) is 8.68. The van der Waals surface area contributed by atoms with Gasteiger partial charge in [0.25, 0.3) is 0 Å². The van der Waals surface area contributed by atoms with Gasteiger partial charge < -0.3 is 4.98 Å². The third-order valence-corrected chi connectivity index (χ3v) is 6.13. The zero-order chi connectivity index (χ0) is 25.3. The summed E-state index contributed by atoms with van der Waals surface area (Å²) in [6, 6.07) is 48.5. The summed E-state index contributed by atoms with van der Waals surface area (Å²) < 4.78 is 0. The summed E-state index contributed by atoms with van der Waals surface area (Å²) in [5, 5.41) is 0. The fraction of sp³-hybridized carbons (Fsp3) is 0.0286. The van der Waals surface area contributed by atoms with Crippen LogP contribution < -0.4 is 0 Å². The van der Waals surface area contributed by atoms with E-state index in [2.05, 4.69) is 102 Å². The molecule has 2 aromatic heterocycles. The zero-order valence-corrected chi connectivity index (χ0v) is 23.5. The summed E-state index contributed by atoms with van der Waals surface area (Å²) in [7, 11) is 0. The van der Waals surface area contributed by atoms with Crippen LogP contribution >= 0.6 is 0 Å². The summed E-state index contributed by atoms with van der Waals surface area (Å²) in [4.78, 5) is 8.82. The molecule has 0 saturated carbocycles. The Morgan fingerprint density at radius 3 is 1.74 bits per heavy atom. The largest absolute Gasteiger partial charge is 0.305 e. The second-order valence-electron chi connectivity index (χ2n) is 8.68. The van der Waals surface area contributed by atoms with E-state index >= 15 is 0 Å². The summed E-state index contributed by atoms with van der Waals surface area (Å²) in [6.07, 6.45) is 3.68. The van der Waals surface area contributed by atoms with Crippen molar-refractivity contribution in [3.63, 3.8) is 0 Å². The van der Waals surface area contributed by atoms with Gasteiger partial charge in [0, 0.05) is 38.1 Å². The molecule has 0 atom stereocenters. The maximum Gasteiger partial charge on any atom is 0.0710 e. The summed E-state index contributed by atoms with van der Waals surface area (Å²) in [6.45, 7) is 2.15. The van der Waals surface area contributed by atoms with Crippen molar-refractivity contribution in [1.29, 1.82) is 0 Å². The molecule has 6 rings (SSSR count). The van der Waals surface area contributed by atoms with Crippen LogP contribution in [0.3, 0.4) is 0 Å². The van der Waals surface area contributed by atoms with Crippen LogP contribution in [0.25, 0.3) is 44.8 Å². The van der Waals surface area contributed by atoms with Crippen LogP contribution in [0.2, 0.25) is 0 Å². The molecule has 1 radical (unpaired) electrons. The van der Waals surface area contributed by atoms with Gasteiger partial charge in [-0.25, -0.2) is 0 Å². The van der Waals surface area contributed by atoms with Gasteiger partial charge in [0.2, 0.25) is 0 Å². The van der Waals surface area contributed by atoms with Crippen LogP contribution in [0.15, 0.2) is 146 Å². The third-order valence-electron chi connectivity index (χ3n) is 6.13. The van der Waals surface area contributed by atoms with Crippen molar-refractivity contribution in [2.75, 3.05) is 0 Å². The summed E-state index contributed by atoms with van der Waals surface area (Å²) in [5.74, 6) is 0. The van der Waals surface area contributed by atoms with Gasteiger partial charge in [-0.05, 0) is 58.6 Å². The van der Waals surface area contributed by atoms with Crippen LogP contribution in [0.1, 0.15) is 5.56 Å². The molecule has 2 heterocycles. The number of pyridine rings is 2. The molecule has 0 N–H and O–H groups in total. The van der Waals surface area contributed by atoms with Crippen LogP contribution in [0, 0.1) is 13.0 Å². The van der Waals surface area contributed by atoms with E-state index in [1.165, 1.54) is 33.4 Å². The molecule has 0 bridgehead atoms. The summed E-state index contributed by atoms with van der Waals surface area (Å²) >= 11 is 0. The van der Waals surface area contributed by atoms with E-state index in [1.807, 2.05) is 60.8 Å². The zero-order valence-electron chi connectivity index (χ0n) is 21.1. The molecule has 0 unspecified atom stereocenters. The standard InChI is InChI=1S/C24H19N.C11H8N.Ir/c1-18-16-21(19-8-4-2-5-9-19)12-13-23(18)24-17-22(14-15-25-24)20-10-6-3-7-11-20;1-2-6-10(7-3-1)11-8-4-5-9-12-11;/h2-17H,1H3;1-6,8-9H;/q;-1;. The Bertz CT molecular complexity index is 1510. The third kappa shape index (κ3) is 6.77. The van der Waals surface area contributed by atoms with Gasteiger partial charge in [0.1, 0.15) is 0 Å². The van der Waals surface area contributed by atoms with Crippen LogP contribution in [-0.4, -0.2) is 9.97 Å². The molecule has 0 aliphatic carbocycles. The maximum absolute atomic E-state index is 4.60. The van der Waals surface area contributed by atoms with Crippen molar-refractivity contribution in [1.82, 2.24) is 9.97 Å². The van der Waals surface area contributed by atoms with Crippen LogP contribution in [-0.2, 0) is 20.1 Å². The van der Waals surface area contributed by atoms with Crippen molar-refractivity contribution in [2.24, 2.45) is 0 Å². The maximum atomic E-state index is 4.60. The Hall–Kier alpha value is -4.17. The van der Waals surface area contributed by atoms with Gasteiger partial charge in [-0.1, -0.05) is 91.0 Å². The van der Waals surface area contributed by atoms with Crippen molar-refractivity contribution >= 4 is 0 Å². The number of rotatable bonds is 4. The molecule has 187 valence electrons. The fourth-order valence-corrected chi connectivity index (χ4v) is 4.22. The molecule has 38 heavy (non-hydrogen) atoms. The van der Waals surface area contributed by atoms with Gasteiger partial charge in [-0.15, -0.1) is 35.9 Å². The minimum absolute atomic E-state index is 0. The Morgan fingerprint density at radius 2 is 1.13 bits per heavy atom. The van der Waals surface area contributed by atoms with E-state index in [0.717, 1.165) is 17.0 Å². The first-order valence-electron chi connectivity index (χ1n) is 12.3. The van der Waals surface area contributed by atoms with E-state index in [4.69, 9.17) is 0 Å². The number of hydrogen-bond acceptors (Lipinski definition) is 2. The molecule has 0 aliphatic rings. The van der Waals surface area contributed by atoms with E-state index in [9.17, 15) is 0 Å². The van der Waals surface area contributed by atoms with Crippen LogP contribution in [0.4, 0.5) is 0 Å². The molecule has 0 aliphatic heterocycles. The molecule has 6 aromatic rings. The molecule has 0 spiro atoms.